The molecule has 2 saturated heterocycles. The lowest BCUT2D eigenvalue weighted by Gasteiger charge is -2.37. The quantitative estimate of drug-likeness (QED) is 0.672. The Balaban J connectivity index is 1.62. The predicted octanol–water partition coefficient (Wildman–Crippen LogP) is -0.358. The van der Waals surface area contributed by atoms with Gasteiger partial charge < -0.3 is 15.5 Å². The summed E-state index contributed by atoms with van der Waals surface area (Å²) in [6, 6.07) is 0.228. The number of rotatable bonds is 3. The fourth-order valence-electron chi connectivity index (χ4n) is 2.13. The monoisotopic (exact) mass is 197 g/mol. The summed E-state index contributed by atoms with van der Waals surface area (Å²) in [5, 5.41) is 0. The Morgan fingerprint density at radius 2 is 1.93 bits per heavy atom. The number of likely N-dealkylation sites (tertiary alicyclic amines) is 2. The highest BCUT2D eigenvalue weighted by Gasteiger charge is 2.27. The summed E-state index contributed by atoms with van der Waals surface area (Å²) in [4.78, 5) is 15.8. The summed E-state index contributed by atoms with van der Waals surface area (Å²) in [6.45, 7) is 4.81. The Labute approximate surface area is 85.0 Å². The first-order valence-corrected chi connectivity index (χ1v) is 5.51. The maximum Gasteiger partial charge on any atom is 0.223 e. The van der Waals surface area contributed by atoms with Gasteiger partial charge in [-0.15, -0.1) is 0 Å². The molecule has 2 rings (SSSR count). The topological polar surface area (TPSA) is 49.6 Å². The van der Waals surface area contributed by atoms with Gasteiger partial charge in [-0.05, 0) is 25.9 Å². The maximum absolute atomic E-state index is 11.6. The molecule has 0 aromatic carbocycles. The largest absolute Gasteiger partial charge is 0.339 e. The van der Waals surface area contributed by atoms with Crippen molar-refractivity contribution in [2.75, 3.05) is 32.7 Å². The minimum atomic E-state index is 0.228. The number of carbonyl (C=O) groups excluding carboxylic acids is 1. The molecule has 4 heteroatoms. The van der Waals surface area contributed by atoms with Crippen molar-refractivity contribution in [3.8, 4) is 0 Å². The molecule has 4 nitrogen and oxygen atoms in total. The van der Waals surface area contributed by atoms with Crippen LogP contribution in [0.15, 0.2) is 0 Å². The molecule has 80 valence electrons. The minimum absolute atomic E-state index is 0.228. The summed E-state index contributed by atoms with van der Waals surface area (Å²) in [5.74, 6) is 0.276. The van der Waals surface area contributed by atoms with Gasteiger partial charge in [0.05, 0.1) is 0 Å². The van der Waals surface area contributed by atoms with Gasteiger partial charge in [0.25, 0.3) is 0 Å². The van der Waals surface area contributed by atoms with Crippen molar-refractivity contribution in [3.05, 3.63) is 0 Å². The van der Waals surface area contributed by atoms with Crippen molar-refractivity contribution < 1.29 is 4.79 Å². The van der Waals surface area contributed by atoms with Crippen LogP contribution in [0.25, 0.3) is 0 Å². The first-order chi connectivity index (χ1) is 6.75. The Bertz CT molecular complexity index is 207. The van der Waals surface area contributed by atoms with E-state index in [1.165, 1.54) is 25.9 Å². The van der Waals surface area contributed by atoms with Crippen LogP contribution >= 0.6 is 0 Å². The van der Waals surface area contributed by atoms with E-state index in [0.717, 1.165) is 19.6 Å². The summed E-state index contributed by atoms with van der Waals surface area (Å²) >= 11 is 0. The molecule has 2 aliphatic heterocycles. The van der Waals surface area contributed by atoms with Gasteiger partial charge in [0.1, 0.15) is 0 Å². The molecule has 0 radical (unpaired) electrons. The molecule has 0 saturated carbocycles. The number of hydrogen-bond donors (Lipinski definition) is 1. The zero-order valence-corrected chi connectivity index (χ0v) is 8.61. The first-order valence-electron chi connectivity index (χ1n) is 5.51. The van der Waals surface area contributed by atoms with Crippen LogP contribution in [-0.4, -0.2) is 54.5 Å². The number of nitrogens with zero attached hydrogens (tertiary/aromatic N) is 2. The van der Waals surface area contributed by atoms with Crippen molar-refractivity contribution in [1.82, 2.24) is 9.80 Å². The Morgan fingerprint density at radius 1 is 1.29 bits per heavy atom. The zero-order valence-electron chi connectivity index (χ0n) is 8.61. The lowest BCUT2D eigenvalue weighted by molar-refractivity contribution is -0.135. The highest BCUT2D eigenvalue weighted by Crippen LogP contribution is 2.10. The van der Waals surface area contributed by atoms with Gasteiger partial charge in [-0.3, -0.25) is 4.79 Å². The van der Waals surface area contributed by atoms with Gasteiger partial charge in [-0.25, -0.2) is 0 Å². The fourth-order valence-corrected chi connectivity index (χ4v) is 2.13. The molecule has 0 aromatic heterocycles. The second kappa shape index (κ2) is 4.28. The van der Waals surface area contributed by atoms with E-state index in [-0.39, 0.29) is 11.9 Å². The normalized spacial score (nSPS) is 23.9. The van der Waals surface area contributed by atoms with Crippen molar-refractivity contribution >= 4 is 5.91 Å². The summed E-state index contributed by atoms with van der Waals surface area (Å²) in [6.07, 6.45) is 3.26. The molecule has 14 heavy (non-hydrogen) atoms. The van der Waals surface area contributed by atoms with Gasteiger partial charge in [0.15, 0.2) is 0 Å². The van der Waals surface area contributed by atoms with Gasteiger partial charge in [0.2, 0.25) is 5.91 Å². The van der Waals surface area contributed by atoms with Crippen LogP contribution in [0.3, 0.4) is 0 Å². The van der Waals surface area contributed by atoms with Gasteiger partial charge in [0, 0.05) is 32.1 Å². The number of nitrogens with two attached hydrogens (primary N) is 1. The lowest BCUT2D eigenvalue weighted by Crippen LogP contribution is -2.58. The average molecular weight is 197 g/mol. The van der Waals surface area contributed by atoms with Crippen LogP contribution in [-0.2, 0) is 4.79 Å². The molecule has 2 heterocycles. The third kappa shape index (κ3) is 2.25. The molecule has 0 unspecified atom stereocenters. The van der Waals surface area contributed by atoms with Crippen LogP contribution in [0.1, 0.15) is 19.3 Å². The molecule has 2 aliphatic rings. The van der Waals surface area contributed by atoms with Crippen LogP contribution in [0, 0.1) is 0 Å². The Hall–Kier alpha value is -0.610. The van der Waals surface area contributed by atoms with Gasteiger partial charge in [-0.1, -0.05) is 0 Å². The summed E-state index contributed by atoms with van der Waals surface area (Å²) in [5.41, 5.74) is 5.62. The Morgan fingerprint density at radius 3 is 2.50 bits per heavy atom. The second-order valence-corrected chi connectivity index (χ2v) is 4.36. The predicted molar refractivity (Wildman–Crippen MR) is 54.8 cm³/mol. The maximum atomic E-state index is 11.6. The highest BCUT2D eigenvalue weighted by molar-refractivity contribution is 5.77. The van der Waals surface area contributed by atoms with E-state index in [4.69, 9.17) is 5.73 Å². The fraction of sp³-hybridized carbons (Fsp3) is 0.900. The number of carbonyl (C=O) groups is 1. The summed E-state index contributed by atoms with van der Waals surface area (Å²) in [7, 11) is 0. The van der Waals surface area contributed by atoms with Crippen molar-refractivity contribution in [2.45, 2.75) is 25.3 Å². The van der Waals surface area contributed by atoms with Gasteiger partial charge >= 0.3 is 0 Å². The Kier molecular flexibility index (Phi) is 3.03. The van der Waals surface area contributed by atoms with Gasteiger partial charge in [-0.2, -0.15) is 0 Å². The molecular formula is C10H19N3O. The van der Waals surface area contributed by atoms with E-state index in [1.807, 2.05) is 4.90 Å². The third-order valence-corrected chi connectivity index (χ3v) is 3.10. The van der Waals surface area contributed by atoms with Crippen LogP contribution in [0.2, 0.25) is 0 Å². The highest BCUT2D eigenvalue weighted by atomic mass is 16.2. The van der Waals surface area contributed by atoms with Crippen LogP contribution in [0.5, 0.6) is 0 Å². The SMILES string of the molecule is NC1CN(C(=O)CCN2CCCC2)C1. The van der Waals surface area contributed by atoms with E-state index >= 15 is 0 Å². The van der Waals surface area contributed by atoms with Crippen molar-refractivity contribution in [3.63, 3.8) is 0 Å². The van der Waals surface area contributed by atoms with E-state index in [0.29, 0.717) is 6.42 Å². The molecule has 0 atom stereocenters. The van der Waals surface area contributed by atoms with E-state index in [2.05, 4.69) is 4.90 Å². The molecule has 0 aromatic rings. The standard InChI is InChI=1S/C10H19N3O/c11-9-7-13(8-9)10(14)3-6-12-4-1-2-5-12/h9H,1-8,11H2. The number of hydrogen-bond acceptors (Lipinski definition) is 3. The first kappa shape index (κ1) is 9.93. The van der Waals surface area contributed by atoms with Crippen molar-refractivity contribution in [1.29, 1.82) is 0 Å². The molecular weight excluding hydrogens is 178 g/mol. The second-order valence-electron chi connectivity index (χ2n) is 4.36. The third-order valence-electron chi connectivity index (χ3n) is 3.10. The van der Waals surface area contributed by atoms with Crippen LogP contribution < -0.4 is 5.73 Å². The molecule has 0 aliphatic carbocycles. The molecule has 0 spiro atoms. The molecule has 2 fully saturated rings. The molecule has 1 amide bonds. The lowest BCUT2D eigenvalue weighted by atomic mass is 10.1. The van der Waals surface area contributed by atoms with Crippen LogP contribution in [0.4, 0.5) is 0 Å². The molecule has 0 bridgehead atoms. The van der Waals surface area contributed by atoms with E-state index in [1.54, 1.807) is 0 Å². The summed E-state index contributed by atoms with van der Waals surface area (Å²) < 4.78 is 0. The minimum Gasteiger partial charge on any atom is -0.339 e. The van der Waals surface area contributed by atoms with E-state index < -0.39 is 0 Å². The smallest absolute Gasteiger partial charge is 0.223 e. The van der Waals surface area contributed by atoms with Crippen molar-refractivity contribution in [2.24, 2.45) is 5.73 Å². The number of amides is 1. The molecule has 2 N–H and O–H groups in total. The zero-order chi connectivity index (χ0) is 9.97. The van der Waals surface area contributed by atoms with E-state index in [9.17, 15) is 4.79 Å². The average Bonchev–Trinajstić information content (AvgIpc) is 2.61.